The Morgan fingerprint density at radius 3 is 2.42 bits per heavy atom. The van der Waals surface area contributed by atoms with Gasteiger partial charge in [0.2, 0.25) is 0 Å². The Bertz CT molecular complexity index is 273. The summed E-state index contributed by atoms with van der Waals surface area (Å²) in [5.41, 5.74) is 1.69. The minimum absolute atomic E-state index is 0.585. The van der Waals surface area contributed by atoms with Gasteiger partial charge in [-0.1, -0.05) is 44.8 Å². The Balaban J connectivity index is 1.96. The first-order chi connectivity index (χ1) is 9.25. The van der Waals surface area contributed by atoms with Gasteiger partial charge in [-0.2, -0.15) is 0 Å². The van der Waals surface area contributed by atoms with Crippen molar-refractivity contribution < 1.29 is 4.74 Å². The zero-order valence-electron chi connectivity index (χ0n) is 12.8. The zero-order chi connectivity index (χ0) is 13.5. The average molecular weight is 265 g/mol. The lowest BCUT2D eigenvalue weighted by atomic mass is 9.81. The van der Waals surface area contributed by atoms with E-state index in [0.717, 1.165) is 31.6 Å². The highest BCUT2D eigenvalue weighted by molar-refractivity contribution is 5.12. The summed E-state index contributed by atoms with van der Waals surface area (Å²) in [5.74, 6) is 1.61. The number of ether oxygens (including phenoxy) is 1. The molecular weight excluding hydrogens is 234 g/mol. The smallest absolute Gasteiger partial charge is 0.0471 e. The third-order valence-corrected chi connectivity index (χ3v) is 4.56. The molecule has 0 bridgehead atoms. The second kappa shape index (κ2) is 8.06. The normalized spacial score (nSPS) is 24.1. The molecular formula is C17H31NO. The molecule has 1 N–H and O–H groups in total. The first-order valence-electron chi connectivity index (χ1n) is 8.27. The van der Waals surface area contributed by atoms with E-state index in [2.05, 4.69) is 25.2 Å². The summed E-state index contributed by atoms with van der Waals surface area (Å²) in [5, 5.41) is 3.63. The van der Waals surface area contributed by atoms with Crippen LogP contribution in [0.4, 0.5) is 0 Å². The molecule has 2 nitrogen and oxygen atoms in total. The summed E-state index contributed by atoms with van der Waals surface area (Å²) >= 11 is 0. The first kappa shape index (κ1) is 15.1. The summed E-state index contributed by atoms with van der Waals surface area (Å²) in [6.45, 7) is 7.49. The SMILES string of the molecule is CC(C)NCC(=CC1CCOCC1)C1CCCCC1. The van der Waals surface area contributed by atoms with Crippen LogP contribution in [-0.4, -0.2) is 25.8 Å². The van der Waals surface area contributed by atoms with E-state index in [1.165, 1.54) is 44.9 Å². The summed E-state index contributed by atoms with van der Waals surface area (Å²) < 4.78 is 5.48. The summed E-state index contributed by atoms with van der Waals surface area (Å²) in [6.07, 6.45) is 12.2. The summed E-state index contributed by atoms with van der Waals surface area (Å²) in [6, 6.07) is 0.585. The number of hydrogen-bond donors (Lipinski definition) is 1. The quantitative estimate of drug-likeness (QED) is 0.761. The summed E-state index contributed by atoms with van der Waals surface area (Å²) in [4.78, 5) is 0. The summed E-state index contributed by atoms with van der Waals surface area (Å²) in [7, 11) is 0. The first-order valence-corrected chi connectivity index (χ1v) is 8.27. The van der Waals surface area contributed by atoms with Gasteiger partial charge < -0.3 is 10.1 Å². The van der Waals surface area contributed by atoms with Crippen LogP contribution in [0.15, 0.2) is 11.6 Å². The van der Waals surface area contributed by atoms with Gasteiger partial charge in [0.05, 0.1) is 0 Å². The van der Waals surface area contributed by atoms with E-state index in [9.17, 15) is 0 Å². The molecule has 0 spiro atoms. The molecule has 2 rings (SSSR count). The number of allylic oxidation sites excluding steroid dienone is 1. The van der Waals surface area contributed by atoms with Gasteiger partial charge >= 0.3 is 0 Å². The molecule has 2 heteroatoms. The van der Waals surface area contributed by atoms with Gasteiger partial charge in [0.1, 0.15) is 0 Å². The monoisotopic (exact) mass is 265 g/mol. The van der Waals surface area contributed by atoms with Gasteiger partial charge in [-0.15, -0.1) is 0 Å². The van der Waals surface area contributed by atoms with Crippen LogP contribution in [-0.2, 0) is 4.74 Å². The lowest BCUT2D eigenvalue weighted by Gasteiger charge is -2.28. The van der Waals surface area contributed by atoms with E-state index in [1.54, 1.807) is 5.57 Å². The Hall–Kier alpha value is -0.340. The second-order valence-corrected chi connectivity index (χ2v) is 6.56. The largest absolute Gasteiger partial charge is 0.381 e. The van der Waals surface area contributed by atoms with Crippen molar-refractivity contribution in [3.05, 3.63) is 11.6 Å². The molecule has 110 valence electrons. The topological polar surface area (TPSA) is 21.3 Å². The van der Waals surface area contributed by atoms with Crippen molar-refractivity contribution in [2.45, 2.75) is 64.8 Å². The number of nitrogens with one attached hydrogen (secondary N) is 1. The molecule has 19 heavy (non-hydrogen) atoms. The molecule has 2 aliphatic rings. The molecule has 0 aromatic carbocycles. The van der Waals surface area contributed by atoms with E-state index in [1.807, 2.05) is 0 Å². The van der Waals surface area contributed by atoms with Crippen LogP contribution in [0.5, 0.6) is 0 Å². The Morgan fingerprint density at radius 2 is 1.79 bits per heavy atom. The molecule has 0 radical (unpaired) electrons. The third-order valence-electron chi connectivity index (χ3n) is 4.56. The Morgan fingerprint density at radius 1 is 1.11 bits per heavy atom. The molecule has 0 unspecified atom stereocenters. The van der Waals surface area contributed by atoms with Crippen LogP contribution >= 0.6 is 0 Å². The second-order valence-electron chi connectivity index (χ2n) is 6.56. The van der Waals surface area contributed by atoms with E-state index in [0.29, 0.717) is 6.04 Å². The highest BCUT2D eigenvalue weighted by atomic mass is 16.5. The fourth-order valence-electron chi connectivity index (χ4n) is 3.32. The Labute approximate surface area is 119 Å². The zero-order valence-corrected chi connectivity index (χ0v) is 12.8. The van der Waals surface area contributed by atoms with Gasteiger partial charge in [0, 0.05) is 25.8 Å². The van der Waals surface area contributed by atoms with E-state index in [-0.39, 0.29) is 0 Å². The van der Waals surface area contributed by atoms with Crippen molar-refractivity contribution in [1.29, 1.82) is 0 Å². The molecule has 1 saturated heterocycles. The highest BCUT2D eigenvalue weighted by Crippen LogP contribution is 2.31. The van der Waals surface area contributed by atoms with Gasteiger partial charge in [0.15, 0.2) is 0 Å². The number of rotatable bonds is 5. The van der Waals surface area contributed by atoms with E-state index < -0.39 is 0 Å². The van der Waals surface area contributed by atoms with Gasteiger partial charge in [-0.05, 0) is 37.5 Å². The van der Waals surface area contributed by atoms with Crippen molar-refractivity contribution >= 4 is 0 Å². The van der Waals surface area contributed by atoms with E-state index >= 15 is 0 Å². The molecule has 1 heterocycles. The molecule has 1 aliphatic carbocycles. The third kappa shape index (κ3) is 5.27. The molecule has 0 aromatic rings. The molecule has 0 amide bonds. The molecule has 0 atom stereocenters. The minimum Gasteiger partial charge on any atom is -0.381 e. The van der Waals surface area contributed by atoms with Crippen molar-refractivity contribution in [3.8, 4) is 0 Å². The molecule has 0 aromatic heterocycles. The van der Waals surface area contributed by atoms with Crippen LogP contribution in [0, 0.1) is 11.8 Å². The van der Waals surface area contributed by atoms with Gasteiger partial charge in [0.25, 0.3) is 0 Å². The van der Waals surface area contributed by atoms with Gasteiger partial charge in [-0.25, -0.2) is 0 Å². The lowest BCUT2D eigenvalue weighted by molar-refractivity contribution is 0.0781. The lowest BCUT2D eigenvalue weighted by Crippen LogP contribution is -2.28. The van der Waals surface area contributed by atoms with Crippen LogP contribution < -0.4 is 5.32 Å². The standard InChI is InChI=1S/C17H31NO/c1-14(2)18-13-17(16-6-4-3-5-7-16)12-15-8-10-19-11-9-15/h12,14-16,18H,3-11,13H2,1-2H3. The fourth-order valence-corrected chi connectivity index (χ4v) is 3.32. The average Bonchev–Trinajstić information content (AvgIpc) is 2.45. The van der Waals surface area contributed by atoms with Crippen LogP contribution in [0.1, 0.15) is 58.8 Å². The maximum absolute atomic E-state index is 5.48. The van der Waals surface area contributed by atoms with Crippen molar-refractivity contribution in [2.24, 2.45) is 11.8 Å². The van der Waals surface area contributed by atoms with E-state index in [4.69, 9.17) is 4.74 Å². The highest BCUT2D eigenvalue weighted by Gasteiger charge is 2.20. The van der Waals surface area contributed by atoms with Crippen LogP contribution in [0.2, 0.25) is 0 Å². The van der Waals surface area contributed by atoms with Gasteiger partial charge in [-0.3, -0.25) is 0 Å². The number of hydrogen-bond acceptors (Lipinski definition) is 2. The predicted molar refractivity (Wildman–Crippen MR) is 81.3 cm³/mol. The van der Waals surface area contributed by atoms with Crippen molar-refractivity contribution in [1.82, 2.24) is 5.32 Å². The molecule has 1 saturated carbocycles. The van der Waals surface area contributed by atoms with Crippen LogP contribution in [0.3, 0.4) is 0 Å². The Kier molecular flexibility index (Phi) is 6.39. The molecule has 2 fully saturated rings. The fraction of sp³-hybridized carbons (Fsp3) is 0.882. The maximum Gasteiger partial charge on any atom is 0.0471 e. The minimum atomic E-state index is 0.585. The predicted octanol–water partition coefficient (Wildman–Crippen LogP) is 3.92. The van der Waals surface area contributed by atoms with Crippen molar-refractivity contribution in [3.63, 3.8) is 0 Å². The van der Waals surface area contributed by atoms with Crippen molar-refractivity contribution in [2.75, 3.05) is 19.8 Å². The maximum atomic E-state index is 5.48. The van der Waals surface area contributed by atoms with Crippen LogP contribution in [0.25, 0.3) is 0 Å². The molecule has 1 aliphatic heterocycles.